The number of nitrogens with one attached hydrogen (secondary N) is 3. The summed E-state index contributed by atoms with van der Waals surface area (Å²) in [5, 5.41) is 9.01. The van der Waals surface area contributed by atoms with Crippen LogP contribution in [0.1, 0.15) is 30.9 Å². The normalized spacial score (nSPS) is 20.8. The molecule has 1 heterocycles. The third-order valence-corrected chi connectivity index (χ3v) is 4.34. The molecule has 0 spiro atoms. The number of amides is 2. The zero-order valence-corrected chi connectivity index (χ0v) is 14.0. The van der Waals surface area contributed by atoms with Gasteiger partial charge in [-0.2, -0.15) is 0 Å². The van der Waals surface area contributed by atoms with E-state index in [0.717, 1.165) is 25.1 Å². The standard InChI is InChI=1S/C18H27N3O2/c1-13-3-5-15(6-4-13)7-8-17(22)20-12-18(23)21-16-9-10-19-11-14(16)2/h3-6,14,16,19H,7-12H2,1-2H3,(H,20,22)(H,21,23). The monoisotopic (exact) mass is 317 g/mol. The van der Waals surface area contributed by atoms with Gasteiger partial charge < -0.3 is 16.0 Å². The lowest BCUT2D eigenvalue weighted by Gasteiger charge is -2.30. The zero-order chi connectivity index (χ0) is 16.7. The predicted molar refractivity (Wildman–Crippen MR) is 91.1 cm³/mol. The van der Waals surface area contributed by atoms with E-state index >= 15 is 0 Å². The second-order valence-electron chi connectivity index (χ2n) is 6.41. The van der Waals surface area contributed by atoms with E-state index in [9.17, 15) is 9.59 Å². The fraction of sp³-hybridized carbons (Fsp3) is 0.556. The highest BCUT2D eigenvalue weighted by atomic mass is 16.2. The molecule has 1 aliphatic rings. The summed E-state index contributed by atoms with van der Waals surface area (Å²) in [7, 11) is 0. The first kappa shape index (κ1) is 17.5. The fourth-order valence-corrected chi connectivity index (χ4v) is 2.77. The van der Waals surface area contributed by atoms with Crippen LogP contribution in [0.3, 0.4) is 0 Å². The molecule has 1 fully saturated rings. The van der Waals surface area contributed by atoms with Gasteiger partial charge in [-0.15, -0.1) is 0 Å². The Morgan fingerprint density at radius 2 is 1.96 bits per heavy atom. The first-order valence-corrected chi connectivity index (χ1v) is 8.37. The third-order valence-electron chi connectivity index (χ3n) is 4.34. The minimum Gasteiger partial charge on any atom is -0.351 e. The molecular weight excluding hydrogens is 290 g/mol. The maximum absolute atomic E-state index is 11.9. The average molecular weight is 317 g/mol. The summed E-state index contributed by atoms with van der Waals surface area (Å²) in [6, 6.07) is 8.36. The molecule has 2 rings (SSSR count). The van der Waals surface area contributed by atoms with Gasteiger partial charge >= 0.3 is 0 Å². The molecule has 23 heavy (non-hydrogen) atoms. The molecule has 0 aromatic heterocycles. The van der Waals surface area contributed by atoms with Gasteiger partial charge in [0.1, 0.15) is 0 Å². The molecule has 5 nitrogen and oxygen atoms in total. The van der Waals surface area contributed by atoms with Crippen molar-refractivity contribution in [3.05, 3.63) is 35.4 Å². The third kappa shape index (κ3) is 6.02. The van der Waals surface area contributed by atoms with Crippen LogP contribution in [0.25, 0.3) is 0 Å². The SMILES string of the molecule is Cc1ccc(CCC(=O)NCC(=O)NC2CCNCC2C)cc1. The van der Waals surface area contributed by atoms with Gasteiger partial charge in [-0.1, -0.05) is 36.8 Å². The summed E-state index contributed by atoms with van der Waals surface area (Å²) in [6.07, 6.45) is 2.04. The molecule has 2 amide bonds. The van der Waals surface area contributed by atoms with Crippen LogP contribution < -0.4 is 16.0 Å². The number of hydrogen-bond donors (Lipinski definition) is 3. The second kappa shape index (κ2) is 8.67. The van der Waals surface area contributed by atoms with Gasteiger partial charge in [0.15, 0.2) is 0 Å². The van der Waals surface area contributed by atoms with Crippen molar-refractivity contribution >= 4 is 11.8 Å². The van der Waals surface area contributed by atoms with Crippen LogP contribution in [0, 0.1) is 12.8 Å². The van der Waals surface area contributed by atoms with Crippen molar-refractivity contribution in [2.45, 2.75) is 39.2 Å². The molecule has 1 saturated heterocycles. The Balaban J connectivity index is 1.65. The molecule has 2 atom stereocenters. The van der Waals surface area contributed by atoms with Gasteiger partial charge in [-0.05, 0) is 44.3 Å². The Bertz CT molecular complexity index is 528. The molecule has 0 aliphatic carbocycles. The van der Waals surface area contributed by atoms with Crippen molar-refractivity contribution in [2.24, 2.45) is 5.92 Å². The second-order valence-corrected chi connectivity index (χ2v) is 6.41. The van der Waals surface area contributed by atoms with Crippen molar-refractivity contribution in [1.29, 1.82) is 0 Å². The first-order valence-electron chi connectivity index (χ1n) is 8.37. The Kier molecular flexibility index (Phi) is 6.59. The van der Waals surface area contributed by atoms with E-state index in [1.807, 2.05) is 31.2 Å². The summed E-state index contributed by atoms with van der Waals surface area (Å²) in [6.45, 7) is 6.07. The highest BCUT2D eigenvalue weighted by molar-refractivity contribution is 5.84. The van der Waals surface area contributed by atoms with Gasteiger partial charge in [-0.3, -0.25) is 9.59 Å². The van der Waals surface area contributed by atoms with Crippen LogP contribution in [0.5, 0.6) is 0 Å². The molecule has 2 unspecified atom stereocenters. The summed E-state index contributed by atoms with van der Waals surface area (Å²) >= 11 is 0. The molecule has 126 valence electrons. The largest absolute Gasteiger partial charge is 0.351 e. The predicted octanol–water partition coefficient (Wildman–Crippen LogP) is 1.16. The Morgan fingerprint density at radius 1 is 1.22 bits per heavy atom. The van der Waals surface area contributed by atoms with Crippen molar-refractivity contribution in [3.8, 4) is 0 Å². The van der Waals surface area contributed by atoms with Crippen LogP contribution in [-0.2, 0) is 16.0 Å². The van der Waals surface area contributed by atoms with Crippen molar-refractivity contribution in [1.82, 2.24) is 16.0 Å². The van der Waals surface area contributed by atoms with E-state index in [1.165, 1.54) is 5.56 Å². The molecule has 1 aliphatic heterocycles. The number of rotatable bonds is 6. The molecular formula is C18H27N3O2. The Labute approximate surface area is 138 Å². The van der Waals surface area contributed by atoms with Crippen molar-refractivity contribution < 1.29 is 9.59 Å². The lowest BCUT2D eigenvalue weighted by molar-refractivity contribution is -0.126. The van der Waals surface area contributed by atoms with Gasteiger partial charge in [0.05, 0.1) is 6.54 Å². The summed E-state index contributed by atoms with van der Waals surface area (Å²) in [5.41, 5.74) is 2.35. The van der Waals surface area contributed by atoms with Crippen LogP contribution in [0.2, 0.25) is 0 Å². The minimum absolute atomic E-state index is 0.0589. The van der Waals surface area contributed by atoms with E-state index in [2.05, 4.69) is 22.9 Å². The highest BCUT2D eigenvalue weighted by Gasteiger charge is 2.22. The molecule has 1 aromatic carbocycles. The molecule has 5 heteroatoms. The molecule has 1 aromatic rings. The van der Waals surface area contributed by atoms with Gasteiger partial charge in [0.2, 0.25) is 11.8 Å². The van der Waals surface area contributed by atoms with Gasteiger partial charge in [-0.25, -0.2) is 0 Å². The number of benzene rings is 1. The summed E-state index contributed by atoms with van der Waals surface area (Å²) in [5.74, 6) is 0.233. The first-order chi connectivity index (χ1) is 11.0. The minimum atomic E-state index is -0.104. The van der Waals surface area contributed by atoms with Crippen LogP contribution in [0.4, 0.5) is 0 Å². The average Bonchev–Trinajstić information content (AvgIpc) is 2.54. The summed E-state index contributed by atoms with van der Waals surface area (Å²) < 4.78 is 0. The van der Waals surface area contributed by atoms with E-state index in [0.29, 0.717) is 18.8 Å². The quantitative estimate of drug-likeness (QED) is 0.737. The van der Waals surface area contributed by atoms with E-state index in [1.54, 1.807) is 0 Å². The highest BCUT2D eigenvalue weighted by Crippen LogP contribution is 2.09. The van der Waals surface area contributed by atoms with Crippen LogP contribution in [0.15, 0.2) is 24.3 Å². The molecule has 3 N–H and O–H groups in total. The Morgan fingerprint density at radius 3 is 2.65 bits per heavy atom. The van der Waals surface area contributed by atoms with Crippen molar-refractivity contribution in [3.63, 3.8) is 0 Å². The molecule has 0 bridgehead atoms. The number of aryl methyl sites for hydroxylation is 2. The van der Waals surface area contributed by atoms with E-state index < -0.39 is 0 Å². The smallest absolute Gasteiger partial charge is 0.239 e. The van der Waals surface area contributed by atoms with E-state index in [4.69, 9.17) is 0 Å². The zero-order valence-electron chi connectivity index (χ0n) is 14.0. The van der Waals surface area contributed by atoms with Gasteiger partial charge in [0.25, 0.3) is 0 Å². The number of carbonyl (C=O) groups excluding carboxylic acids is 2. The Hall–Kier alpha value is -1.88. The number of piperidine rings is 1. The number of hydrogen-bond acceptors (Lipinski definition) is 3. The van der Waals surface area contributed by atoms with E-state index in [-0.39, 0.29) is 24.4 Å². The molecule has 0 radical (unpaired) electrons. The number of carbonyl (C=O) groups is 2. The lowest BCUT2D eigenvalue weighted by Crippen LogP contribution is -2.50. The summed E-state index contributed by atoms with van der Waals surface area (Å²) in [4.78, 5) is 23.8. The molecule has 0 saturated carbocycles. The van der Waals surface area contributed by atoms with Gasteiger partial charge in [0, 0.05) is 12.5 Å². The topological polar surface area (TPSA) is 70.2 Å². The maximum atomic E-state index is 11.9. The fourth-order valence-electron chi connectivity index (χ4n) is 2.77. The van der Waals surface area contributed by atoms with Crippen LogP contribution >= 0.6 is 0 Å². The van der Waals surface area contributed by atoms with Crippen LogP contribution in [-0.4, -0.2) is 37.5 Å². The van der Waals surface area contributed by atoms with Crippen molar-refractivity contribution in [2.75, 3.05) is 19.6 Å². The maximum Gasteiger partial charge on any atom is 0.239 e. The lowest BCUT2D eigenvalue weighted by atomic mass is 9.95.